The number of hydrogen-bond acceptors (Lipinski definition) is 4. The number of nitro groups is 1. The van der Waals surface area contributed by atoms with Crippen molar-refractivity contribution in [3.8, 4) is 11.1 Å². The van der Waals surface area contributed by atoms with Gasteiger partial charge < -0.3 is 9.73 Å². The molecular weight excluding hydrogens is 280 g/mol. The number of fused-ring (bicyclic) bond motifs is 1. The van der Waals surface area contributed by atoms with Crippen LogP contribution in [0, 0.1) is 17.0 Å². The fourth-order valence-electron chi connectivity index (χ4n) is 2.70. The van der Waals surface area contributed by atoms with E-state index in [0.29, 0.717) is 17.7 Å². The third kappa shape index (κ3) is 2.35. The van der Waals surface area contributed by atoms with E-state index in [2.05, 4.69) is 5.32 Å². The normalized spacial score (nSPS) is 11.0. The van der Waals surface area contributed by atoms with Crippen LogP contribution in [-0.2, 0) is 6.54 Å². The first-order valence-corrected chi connectivity index (χ1v) is 7.02. The summed E-state index contributed by atoms with van der Waals surface area (Å²) in [6.45, 7) is 2.59. The number of nitrogens with one attached hydrogen (secondary N) is 1. The lowest BCUT2D eigenvalue weighted by Crippen LogP contribution is -2.06. The van der Waals surface area contributed by atoms with Crippen molar-refractivity contribution in [2.75, 3.05) is 7.05 Å². The third-order valence-corrected chi connectivity index (χ3v) is 3.64. The molecule has 0 bridgehead atoms. The van der Waals surface area contributed by atoms with Crippen molar-refractivity contribution in [3.05, 3.63) is 63.7 Å². The highest BCUT2D eigenvalue weighted by Crippen LogP contribution is 2.41. The van der Waals surface area contributed by atoms with Crippen LogP contribution in [0.3, 0.4) is 0 Å². The molecule has 2 aromatic carbocycles. The molecule has 0 atom stereocenters. The predicted molar refractivity (Wildman–Crippen MR) is 85.8 cm³/mol. The van der Waals surface area contributed by atoms with E-state index in [4.69, 9.17) is 4.42 Å². The van der Waals surface area contributed by atoms with Gasteiger partial charge in [-0.05, 0) is 37.2 Å². The zero-order chi connectivity index (χ0) is 15.7. The molecule has 0 fully saturated rings. The molecule has 1 N–H and O–H groups in total. The highest BCUT2D eigenvalue weighted by Gasteiger charge is 2.26. The van der Waals surface area contributed by atoms with Gasteiger partial charge in [-0.15, -0.1) is 0 Å². The first-order chi connectivity index (χ1) is 10.6. The van der Waals surface area contributed by atoms with Gasteiger partial charge in [0.2, 0.25) is 0 Å². The molecule has 1 aromatic heterocycles. The summed E-state index contributed by atoms with van der Waals surface area (Å²) in [5, 5.41) is 15.3. The van der Waals surface area contributed by atoms with E-state index < -0.39 is 4.92 Å². The minimum atomic E-state index is -0.458. The molecule has 22 heavy (non-hydrogen) atoms. The molecule has 5 heteroatoms. The van der Waals surface area contributed by atoms with Crippen LogP contribution in [-0.4, -0.2) is 12.0 Å². The second-order valence-electron chi connectivity index (χ2n) is 5.23. The summed E-state index contributed by atoms with van der Waals surface area (Å²) in [5.74, 6) is -0.204. The van der Waals surface area contributed by atoms with Crippen molar-refractivity contribution in [3.63, 3.8) is 0 Å². The Balaban J connectivity index is 2.36. The summed E-state index contributed by atoms with van der Waals surface area (Å²) in [6.07, 6.45) is 0. The van der Waals surface area contributed by atoms with Crippen LogP contribution in [0.15, 0.2) is 46.9 Å². The van der Waals surface area contributed by atoms with Gasteiger partial charge in [-0.2, -0.15) is 0 Å². The Hall–Kier alpha value is -2.66. The first kappa shape index (κ1) is 14.3. The Morgan fingerprint density at radius 3 is 2.73 bits per heavy atom. The Morgan fingerprint density at radius 1 is 1.23 bits per heavy atom. The molecule has 0 saturated heterocycles. The molecule has 3 rings (SSSR count). The number of furan rings is 1. The van der Waals surface area contributed by atoms with Crippen LogP contribution >= 0.6 is 0 Å². The van der Waals surface area contributed by atoms with Crippen molar-refractivity contribution in [1.82, 2.24) is 5.32 Å². The second-order valence-corrected chi connectivity index (χ2v) is 5.23. The highest BCUT2D eigenvalue weighted by molar-refractivity contribution is 5.99. The number of aryl methyl sites for hydroxylation is 1. The van der Waals surface area contributed by atoms with Gasteiger partial charge in [-0.1, -0.05) is 35.9 Å². The van der Waals surface area contributed by atoms with Gasteiger partial charge in [0.25, 0.3) is 0 Å². The quantitative estimate of drug-likeness (QED) is 0.583. The lowest BCUT2D eigenvalue weighted by molar-refractivity contribution is -0.400. The molecule has 1 heterocycles. The van der Waals surface area contributed by atoms with E-state index in [1.54, 1.807) is 6.07 Å². The summed E-state index contributed by atoms with van der Waals surface area (Å²) in [7, 11) is 1.85. The summed E-state index contributed by atoms with van der Waals surface area (Å²) in [6, 6.07) is 13.3. The molecule has 3 aromatic rings. The Labute approximate surface area is 127 Å². The molecule has 0 amide bonds. The number of nitrogens with zero attached hydrogens (tertiary/aromatic N) is 1. The lowest BCUT2D eigenvalue weighted by atomic mass is 9.97. The van der Waals surface area contributed by atoms with E-state index in [9.17, 15) is 10.1 Å². The molecule has 5 nitrogen and oxygen atoms in total. The SMILES string of the molecule is CNCc1ccccc1-c1c([N+](=O)[O-])oc2ccc(C)cc12. The van der Waals surface area contributed by atoms with Gasteiger partial charge in [-0.3, -0.25) is 10.1 Å². The average molecular weight is 296 g/mol. The van der Waals surface area contributed by atoms with Gasteiger partial charge >= 0.3 is 5.88 Å². The van der Waals surface area contributed by atoms with Crippen molar-refractivity contribution in [2.24, 2.45) is 0 Å². The molecule has 0 unspecified atom stereocenters. The Morgan fingerprint density at radius 2 is 2.00 bits per heavy atom. The van der Waals surface area contributed by atoms with Gasteiger partial charge in [0.1, 0.15) is 16.1 Å². The summed E-state index contributed by atoms with van der Waals surface area (Å²) >= 11 is 0. The van der Waals surface area contributed by atoms with Gasteiger partial charge in [-0.25, -0.2) is 0 Å². The maximum Gasteiger partial charge on any atom is 0.442 e. The zero-order valence-electron chi connectivity index (χ0n) is 12.4. The van der Waals surface area contributed by atoms with Crippen molar-refractivity contribution in [1.29, 1.82) is 0 Å². The van der Waals surface area contributed by atoms with Crippen molar-refractivity contribution in [2.45, 2.75) is 13.5 Å². The number of rotatable bonds is 4. The number of benzene rings is 2. The lowest BCUT2D eigenvalue weighted by Gasteiger charge is -2.07. The van der Waals surface area contributed by atoms with Gasteiger partial charge in [0.05, 0.1) is 0 Å². The fraction of sp³-hybridized carbons (Fsp3) is 0.176. The summed E-state index contributed by atoms with van der Waals surface area (Å²) < 4.78 is 5.48. The van der Waals surface area contributed by atoms with E-state index in [1.165, 1.54) is 0 Å². The van der Waals surface area contributed by atoms with E-state index in [1.807, 2.05) is 50.4 Å². The maximum absolute atomic E-state index is 11.4. The first-order valence-electron chi connectivity index (χ1n) is 7.02. The van der Waals surface area contributed by atoms with E-state index >= 15 is 0 Å². The van der Waals surface area contributed by atoms with Crippen LogP contribution < -0.4 is 5.32 Å². The van der Waals surface area contributed by atoms with E-state index in [0.717, 1.165) is 22.1 Å². The topological polar surface area (TPSA) is 68.3 Å². The van der Waals surface area contributed by atoms with Gasteiger partial charge in [0, 0.05) is 11.9 Å². The molecule has 112 valence electrons. The average Bonchev–Trinajstić information content (AvgIpc) is 2.87. The van der Waals surface area contributed by atoms with Crippen LogP contribution in [0.4, 0.5) is 5.88 Å². The smallest absolute Gasteiger partial charge is 0.400 e. The molecule has 0 aliphatic heterocycles. The van der Waals surface area contributed by atoms with Crippen LogP contribution in [0.5, 0.6) is 0 Å². The van der Waals surface area contributed by atoms with E-state index in [-0.39, 0.29) is 5.88 Å². The number of hydrogen-bond donors (Lipinski definition) is 1. The summed E-state index contributed by atoms with van der Waals surface area (Å²) in [4.78, 5) is 11.0. The Kier molecular flexibility index (Phi) is 3.65. The largest absolute Gasteiger partial charge is 0.442 e. The second kappa shape index (κ2) is 5.61. The zero-order valence-corrected chi connectivity index (χ0v) is 12.4. The van der Waals surface area contributed by atoms with Crippen LogP contribution in [0.2, 0.25) is 0 Å². The summed E-state index contributed by atoms with van der Waals surface area (Å²) in [5.41, 5.74) is 3.95. The minimum Gasteiger partial charge on any atom is -0.400 e. The maximum atomic E-state index is 11.4. The minimum absolute atomic E-state index is 0.204. The van der Waals surface area contributed by atoms with Crippen LogP contribution in [0.1, 0.15) is 11.1 Å². The van der Waals surface area contributed by atoms with Crippen molar-refractivity contribution < 1.29 is 9.34 Å². The Bertz CT molecular complexity index is 852. The monoisotopic (exact) mass is 296 g/mol. The molecule has 0 spiro atoms. The standard InChI is InChI=1S/C17H16N2O3/c1-11-7-8-15-14(9-11)16(17(22-15)19(20)21)13-6-4-3-5-12(13)10-18-2/h3-9,18H,10H2,1-2H3. The van der Waals surface area contributed by atoms with Crippen molar-refractivity contribution >= 4 is 16.9 Å². The van der Waals surface area contributed by atoms with Crippen LogP contribution in [0.25, 0.3) is 22.1 Å². The predicted octanol–water partition coefficient (Wildman–Crippen LogP) is 4.04. The third-order valence-electron chi connectivity index (χ3n) is 3.64. The molecule has 0 aliphatic carbocycles. The molecule has 0 radical (unpaired) electrons. The van der Waals surface area contributed by atoms with Gasteiger partial charge in [0.15, 0.2) is 0 Å². The molecule has 0 saturated carbocycles. The molecule has 0 aliphatic rings. The highest BCUT2D eigenvalue weighted by atomic mass is 16.6. The fourth-order valence-corrected chi connectivity index (χ4v) is 2.70. The molecular formula is C17H16N2O3.